The first kappa shape index (κ1) is 17.4. The minimum Gasteiger partial charge on any atom is -0.351 e. The van der Waals surface area contributed by atoms with Crippen LogP contribution < -0.4 is 11.1 Å². The first-order valence-electron chi connectivity index (χ1n) is 7.01. The van der Waals surface area contributed by atoms with Crippen molar-refractivity contribution < 1.29 is 4.79 Å². The molecule has 0 aliphatic rings. The number of rotatable bonds is 8. The molecule has 0 heterocycles. The SMILES string of the molecule is CCCCCN(C)C(CN)CC(=O)NC(C)(C)C. The lowest BCUT2D eigenvalue weighted by Crippen LogP contribution is -2.46. The number of carbonyl (C=O) groups is 1. The van der Waals surface area contributed by atoms with E-state index in [9.17, 15) is 4.79 Å². The molecule has 0 saturated heterocycles. The fourth-order valence-corrected chi connectivity index (χ4v) is 1.90. The van der Waals surface area contributed by atoms with Crippen LogP contribution in [0.25, 0.3) is 0 Å². The lowest BCUT2D eigenvalue weighted by Gasteiger charge is -2.28. The van der Waals surface area contributed by atoms with E-state index in [0.29, 0.717) is 13.0 Å². The van der Waals surface area contributed by atoms with E-state index < -0.39 is 0 Å². The molecule has 3 N–H and O–H groups in total. The Balaban J connectivity index is 4.12. The van der Waals surface area contributed by atoms with Gasteiger partial charge in [0.05, 0.1) is 0 Å². The van der Waals surface area contributed by atoms with E-state index in [2.05, 4.69) is 24.2 Å². The van der Waals surface area contributed by atoms with Crippen LogP contribution in [0.2, 0.25) is 0 Å². The van der Waals surface area contributed by atoms with Crippen LogP contribution in [0.4, 0.5) is 0 Å². The molecule has 0 aromatic rings. The van der Waals surface area contributed by atoms with Crippen LogP contribution in [0.5, 0.6) is 0 Å². The van der Waals surface area contributed by atoms with Crippen molar-refractivity contribution >= 4 is 5.91 Å². The van der Waals surface area contributed by atoms with Gasteiger partial charge < -0.3 is 16.0 Å². The topological polar surface area (TPSA) is 58.4 Å². The zero-order chi connectivity index (χ0) is 14.2. The van der Waals surface area contributed by atoms with Gasteiger partial charge in [-0.3, -0.25) is 4.79 Å². The van der Waals surface area contributed by atoms with Gasteiger partial charge in [-0.25, -0.2) is 0 Å². The molecule has 0 rings (SSSR count). The highest BCUT2D eigenvalue weighted by Gasteiger charge is 2.20. The van der Waals surface area contributed by atoms with Crippen LogP contribution in [0.3, 0.4) is 0 Å². The van der Waals surface area contributed by atoms with Gasteiger partial charge in [0.15, 0.2) is 0 Å². The number of hydrogen-bond acceptors (Lipinski definition) is 3. The summed E-state index contributed by atoms with van der Waals surface area (Å²) in [7, 11) is 2.05. The Hall–Kier alpha value is -0.610. The highest BCUT2D eigenvalue weighted by molar-refractivity contribution is 5.77. The molecule has 0 fully saturated rings. The van der Waals surface area contributed by atoms with Crippen LogP contribution in [-0.2, 0) is 4.79 Å². The minimum atomic E-state index is -0.170. The number of nitrogens with zero attached hydrogens (tertiary/aromatic N) is 1. The molecule has 0 aromatic carbocycles. The highest BCUT2D eigenvalue weighted by atomic mass is 16.1. The fourth-order valence-electron chi connectivity index (χ4n) is 1.90. The second-order valence-corrected chi connectivity index (χ2v) is 6.08. The van der Waals surface area contributed by atoms with Crippen molar-refractivity contribution in [3.63, 3.8) is 0 Å². The summed E-state index contributed by atoms with van der Waals surface area (Å²) < 4.78 is 0. The van der Waals surface area contributed by atoms with Crippen molar-refractivity contribution in [1.29, 1.82) is 0 Å². The van der Waals surface area contributed by atoms with Gasteiger partial charge in [0, 0.05) is 24.5 Å². The Labute approximate surface area is 112 Å². The normalized spacial score (nSPS) is 13.7. The zero-order valence-electron chi connectivity index (χ0n) is 12.8. The molecule has 0 aromatic heterocycles. The van der Waals surface area contributed by atoms with Gasteiger partial charge in [0.1, 0.15) is 0 Å². The molecule has 4 heteroatoms. The van der Waals surface area contributed by atoms with Crippen molar-refractivity contribution in [2.24, 2.45) is 5.73 Å². The van der Waals surface area contributed by atoms with Gasteiger partial charge in [0.25, 0.3) is 0 Å². The van der Waals surface area contributed by atoms with Crippen molar-refractivity contribution in [3.8, 4) is 0 Å². The summed E-state index contributed by atoms with van der Waals surface area (Å²) in [6.45, 7) is 9.71. The molecule has 4 nitrogen and oxygen atoms in total. The number of unbranched alkanes of at least 4 members (excludes halogenated alkanes) is 2. The van der Waals surface area contributed by atoms with E-state index in [1.165, 1.54) is 19.3 Å². The van der Waals surface area contributed by atoms with Crippen LogP contribution in [0.1, 0.15) is 53.4 Å². The average Bonchev–Trinajstić information content (AvgIpc) is 2.23. The first-order chi connectivity index (χ1) is 8.30. The summed E-state index contributed by atoms with van der Waals surface area (Å²) in [6.07, 6.45) is 4.10. The van der Waals surface area contributed by atoms with Crippen LogP contribution in [0, 0.1) is 0 Å². The first-order valence-corrected chi connectivity index (χ1v) is 7.01. The van der Waals surface area contributed by atoms with E-state index in [1.54, 1.807) is 0 Å². The van der Waals surface area contributed by atoms with E-state index in [4.69, 9.17) is 5.73 Å². The van der Waals surface area contributed by atoms with Gasteiger partial charge in [-0.15, -0.1) is 0 Å². The Morgan fingerprint density at radius 1 is 1.33 bits per heavy atom. The van der Waals surface area contributed by atoms with Crippen LogP contribution in [-0.4, -0.2) is 42.5 Å². The Morgan fingerprint density at radius 3 is 2.39 bits per heavy atom. The van der Waals surface area contributed by atoms with E-state index in [1.807, 2.05) is 20.8 Å². The number of nitrogens with one attached hydrogen (secondary N) is 1. The van der Waals surface area contributed by atoms with E-state index in [-0.39, 0.29) is 17.5 Å². The van der Waals surface area contributed by atoms with Crippen molar-refractivity contribution in [3.05, 3.63) is 0 Å². The Bertz CT molecular complexity index is 236. The molecule has 18 heavy (non-hydrogen) atoms. The number of hydrogen-bond donors (Lipinski definition) is 2. The molecule has 108 valence electrons. The summed E-state index contributed by atoms with van der Waals surface area (Å²) in [5, 5.41) is 2.98. The molecule has 0 radical (unpaired) electrons. The molecule has 1 unspecified atom stereocenters. The molecule has 0 aliphatic carbocycles. The minimum absolute atomic E-state index is 0.0836. The maximum atomic E-state index is 11.9. The summed E-state index contributed by atoms with van der Waals surface area (Å²) in [5.74, 6) is 0.0836. The number of amides is 1. The molecule has 0 saturated carbocycles. The molecule has 1 atom stereocenters. The zero-order valence-corrected chi connectivity index (χ0v) is 12.8. The predicted molar refractivity (Wildman–Crippen MR) is 77.5 cm³/mol. The van der Waals surface area contributed by atoms with Gasteiger partial charge in [-0.2, -0.15) is 0 Å². The van der Waals surface area contributed by atoms with E-state index in [0.717, 1.165) is 6.54 Å². The maximum Gasteiger partial charge on any atom is 0.222 e. The molecular formula is C14H31N3O. The number of carbonyl (C=O) groups excluding carboxylic acids is 1. The lowest BCUT2D eigenvalue weighted by atomic mass is 10.1. The van der Waals surface area contributed by atoms with E-state index >= 15 is 0 Å². The van der Waals surface area contributed by atoms with Crippen molar-refractivity contribution in [2.75, 3.05) is 20.1 Å². The third-order valence-electron chi connectivity index (χ3n) is 2.95. The van der Waals surface area contributed by atoms with Gasteiger partial charge >= 0.3 is 0 Å². The molecule has 0 aliphatic heterocycles. The monoisotopic (exact) mass is 257 g/mol. The second-order valence-electron chi connectivity index (χ2n) is 6.08. The largest absolute Gasteiger partial charge is 0.351 e. The average molecular weight is 257 g/mol. The summed E-state index contributed by atoms with van der Waals surface area (Å²) in [6, 6.07) is 0.143. The quantitative estimate of drug-likeness (QED) is 0.651. The predicted octanol–water partition coefficient (Wildman–Crippen LogP) is 1.74. The van der Waals surface area contributed by atoms with Crippen molar-refractivity contribution in [1.82, 2.24) is 10.2 Å². The summed E-state index contributed by atoms with van der Waals surface area (Å²) in [5.41, 5.74) is 5.60. The highest BCUT2D eigenvalue weighted by Crippen LogP contribution is 2.06. The van der Waals surface area contributed by atoms with Gasteiger partial charge in [-0.05, 0) is 40.8 Å². The van der Waals surface area contributed by atoms with Crippen molar-refractivity contribution in [2.45, 2.75) is 65.0 Å². The number of likely N-dealkylation sites (N-methyl/N-ethyl adjacent to an activating group) is 1. The molecule has 0 bridgehead atoms. The lowest BCUT2D eigenvalue weighted by molar-refractivity contribution is -0.123. The van der Waals surface area contributed by atoms with Crippen LogP contribution >= 0.6 is 0 Å². The van der Waals surface area contributed by atoms with Gasteiger partial charge in [0.2, 0.25) is 5.91 Å². The Kier molecular flexibility index (Phi) is 8.20. The summed E-state index contributed by atoms with van der Waals surface area (Å²) in [4.78, 5) is 14.1. The fraction of sp³-hybridized carbons (Fsp3) is 0.929. The maximum absolute atomic E-state index is 11.9. The second kappa shape index (κ2) is 8.48. The molecule has 1 amide bonds. The van der Waals surface area contributed by atoms with Crippen LogP contribution in [0.15, 0.2) is 0 Å². The summed E-state index contributed by atoms with van der Waals surface area (Å²) >= 11 is 0. The van der Waals surface area contributed by atoms with Gasteiger partial charge in [-0.1, -0.05) is 19.8 Å². The third kappa shape index (κ3) is 8.48. The smallest absolute Gasteiger partial charge is 0.222 e. The molecular weight excluding hydrogens is 226 g/mol. The third-order valence-corrected chi connectivity index (χ3v) is 2.95. The molecule has 0 spiro atoms. The standard InChI is InChI=1S/C14H31N3O/c1-6-7-8-9-17(5)12(11-15)10-13(18)16-14(2,3)4/h12H,6-11,15H2,1-5H3,(H,16,18). The number of nitrogens with two attached hydrogens (primary N) is 1. The Morgan fingerprint density at radius 2 is 1.94 bits per heavy atom.